The van der Waals surface area contributed by atoms with Crippen LogP contribution >= 0.6 is 35.7 Å². The van der Waals surface area contributed by atoms with E-state index in [1.54, 1.807) is 11.8 Å². The summed E-state index contributed by atoms with van der Waals surface area (Å²) < 4.78 is 12.0. The van der Waals surface area contributed by atoms with Gasteiger partial charge >= 0.3 is 5.97 Å². The van der Waals surface area contributed by atoms with E-state index < -0.39 is 0 Å². The van der Waals surface area contributed by atoms with Crippen molar-refractivity contribution in [1.82, 2.24) is 4.90 Å². The number of anilines is 1. The zero-order chi connectivity index (χ0) is 21.5. The molecule has 4 rings (SSSR count). The summed E-state index contributed by atoms with van der Waals surface area (Å²) in [6, 6.07) is 15.3. The van der Waals surface area contributed by atoms with Crippen molar-refractivity contribution in [1.29, 1.82) is 0 Å². The van der Waals surface area contributed by atoms with E-state index >= 15 is 0 Å². The van der Waals surface area contributed by atoms with Gasteiger partial charge in [0, 0.05) is 55.2 Å². The van der Waals surface area contributed by atoms with Crippen molar-refractivity contribution >= 4 is 51.7 Å². The third-order valence-corrected chi connectivity index (χ3v) is 7.76. The van der Waals surface area contributed by atoms with Gasteiger partial charge in [0.05, 0.1) is 18.8 Å². The van der Waals surface area contributed by atoms with Crippen LogP contribution < -0.4 is 9.64 Å². The molecule has 2 saturated heterocycles. The van der Waals surface area contributed by atoms with Gasteiger partial charge in [-0.3, -0.25) is 0 Å². The third kappa shape index (κ3) is 6.38. The highest BCUT2D eigenvalue weighted by molar-refractivity contribution is 8.22. The number of ether oxygens (including phenoxy) is 2. The normalized spacial score (nSPS) is 16.8. The maximum atomic E-state index is 12.6. The number of nitrogens with zero attached hydrogens (tertiary/aromatic N) is 2. The largest absolute Gasteiger partial charge is 0.423 e. The lowest BCUT2D eigenvalue weighted by Gasteiger charge is -2.29. The van der Waals surface area contributed by atoms with Crippen molar-refractivity contribution in [3.8, 4) is 5.75 Å². The topological polar surface area (TPSA) is 42.0 Å². The molecule has 2 heterocycles. The number of thioether (sulfide) groups is 2. The SMILES string of the molecule is O=C(Oc1cccc(N2CCOCC2)c1)c1ccc(CSC(=S)N2CCSCC2)cc1. The predicted molar refractivity (Wildman–Crippen MR) is 134 cm³/mol. The molecular weight excluding hydrogens is 448 g/mol. The van der Waals surface area contributed by atoms with Crippen LogP contribution in [0.25, 0.3) is 0 Å². The van der Waals surface area contributed by atoms with E-state index in [0.717, 1.165) is 72.2 Å². The van der Waals surface area contributed by atoms with Gasteiger partial charge in [-0.1, -0.05) is 42.2 Å². The molecule has 0 radical (unpaired) electrons. The highest BCUT2D eigenvalue weighted by atomic mass is 32.2. The second-order valence-corrected chi connectivity index (χ2v) is 10.2. The standard InChI is InChI=1S/C23H26N2O3S3/c26-22(28-21-3-1-2-20(16-21)24-8-12-27-13-9-24)19-6-4-18(5-7-19)17-31-23(29)25-10-14-30-15-11-25/h1-7,16H,8-15,17H2. The molecule has 0 aliphatic carbocycles. The van der Waals surface area contributed by atoms with Gasteiger partial charge in [-0.2, -0.15) is 11.8 Å². The van der Waals surface area contributed by atoms with Crippen LogP contribution in [-0.2, 0) is 10.5 Å². The zero-order valence-corrected chi connectivity index (χ0v) is 19.8. The van der Waals surface area contributed by atoms with E-state index in [4.69, 9.17) is 21.7 Å². The molecule has 0 N–H and O–H groups in total. The van der Waals surface area contributed by atoms with Crippen LogP contribution in [0.15, 0.2) is 48.5 Å². The van der Waals surface area contributed by atoms with Crippen molar-refractivity contribution in [3.05, 3.63) is 59.7 Å². The molecule has 0 bridgehead atoms. The number of esters is 1. The van der Waals surface area contributed by atoms with Crippen LogP contribution in [-0.4, -0.2) is 66.1 Å². The highest BCUT2D eigenvalue weighted by Gasteiger charge is 2.15. The molecule has 2 aliphatic rings. The Morgan fingerprint density at radius 3 is 2.55 bits per heavy atom. The maximum absolute atomic E-state index is 12.6. The first-order chi connectivity index (χ1) is 15.2. The summed E-state index contributed by atoms with van der Waals surface area (Å²) >= 11 is 9.23. The zero-order valence-electron chi connectivity index (χ0n) is 17.3. The average molecular weight is 475 g/mol. The molecule has 31 heavy (non-hydrogen) atoms. The van der Waals surface area contributed by atoms with Crippen LogP contribution in [0.4, 0.5) is 5.69 Å². The van der Waals surface area contributed by atoms with E-state index in [-0.39, 0.29) is 5.97 Å². The number of hydrogen-bond donors (Lipinski definition) is 0. The van der Waals surface area contributed by atoms with Gasteiger partial charge in [0.2, 0.25) is 0 Å². The highest BCUT2D eigenvalue weighted by Crippen LogP contribution is 2.24. The van der Waals surface area contributed by atoms with Gasteiger partial charge in [0.1, 0.15) is 10.1 Å². The Kier molecular flexibility index (Phi) is 8.13. The molecule has 8 heteroatoms. The van der Waals surface area contributed by atoms with E-state index in [1.165, 1.54) is 0 Å². The van der Waals surface area contributed by atoms with Crippen molar-refractivity contribution in [3.63, 3.8) is 0 Å². The number of morpholine rings is 1. The lowest BCUT2D eigenvalue weighted by molar-refractivity contribution is 0.0734. The fourth-order valence-electron chi connectivity index (χ4n) is 3.45. The Balaban J connectivity index is 1.30. The van der Waals surface area contributed by atoms with E-state index in [2.05, 4.69) is 9.80 Å². The lowest BCUT2D eigenvalue weighted by Crippen LogP contribution is -2.36. The Bertz CT molecular complexity index is 895. The average Bonchev–Trinajstić information content (AvgIpc) is 2.84. The summed E-state index contributed by atoms with van der Waals surface area (Å²) in [7, 11) is 0. The van der Waals surface area contributed by atoms with Crippen LogP contribution in [0.5, 0.6) is 5.75 Å². The summed E-state index contributed by atoms with van der Waals surface area (Å²) in [6.45, 7) is 5.20. The number of rotatable bonds is 5. The van der Waals surface area contributed by atoms with Crippen LogP contribution in [0.3, 0.4) is 0 Å². The molecule has 0 atom stereocenters. The minimum atomic E-state index is -0.348. The summed E-state index contributed by atoms with van der Waals surface area (Å²) in [5.74, 6) is 3.30. The molecule has 2 aliphatic heterocycles. The summed E-state index contributed by atoms with van der Waals surface area (Å²) in [4.78, 5) is 17.1. The van der Waals surface area contributed by atoms with Gasteiger partial charge in [0.15, 0.2) is 0 Å². The molecule has 2 aromatic carbocycles. The molecular formula is C23H26N2O3S3. The molecule has 164 valence electrons. The van der Waals surface area contributed by atoms with Crippen LogP contribution in [0.1, 0.15) is 15.9 Å². The molecule has 5 nitrogen and oxygen atoms in total. The predicted octanol–water partition coefficient (Wildman–Crippen LogP) is 4.31. The van der Waals surface area contributed by atoms with Gasteiger partial charge in [-0.25, -0.2) is 4.79 Å². The van der Waals surface area contributed by atoms with Crippen molar-refractivity contribution < 1.29 is 14.3 Å². The molecule has 0 unspecified atom stereocenters. The summed E-state index contributed by atoms with van der Waals surface area (Å²) in [5.41, 5.74) is 2.73. The van der Waals surface area contributed by atoms with Crippen LogP contribution in [0, 0.1) is 0 Å². The molecule has 2 aromatic rings. The lowest BCUT2D eigenvalue weighted by atomic mass is 10.1. The number of carbonyl (C=O) groups excluding carboxylic acids is 1. The summed E-state index contributed by atoms with van der Waals surface area (Å²) in [6.07, 6.45) is 0. The Morgan fingerprint density at radius 2 is 1.81 bits per heavy atom. The molecule has 0 aromatic heterocycles. The van der Waals surface area contributed by atoms with Crippen molar-refractivity contribution in [2.24, 2.45) is 0 Å². The fraction of sp³-hybridized carbons (Fsp3) is 0.391. The Morgan fingerprint density at radius 1 is 1.06 bits per heavy atom. The molecule has 2 fully saturated rings. The van der Waals surface area contributed by atoms with Crippen molar-refractivity contribution in [2.75, 3.05) is 55.8 Å². The molecule has 0 saturated carbocycles. The Hall–Kier alpha value is -1.74. The van der Waals surface area contributed by atoms with Gasteiger partial charge in [0.25, 0.3) is 0 Å². The minimum Gasteiger partial charge on any atom is -0.423 e. The quantitative estimate of drug-likeness (QED) is 0.361. The monoisotopic (exact) mass is 474 g/mol. The first kappa shape index (κ1) is 22.5. The second-order valence-electron chi connectivity index (χ2n) is 7.34. The van der Waals surface area contributed by atoms with Crippen LogP contribution in [0.2, 0.25) is 0 Å². The Labute approximate surface area is 197 Å². The number of thiocarbonyl (C=S) groups is 1. The number of carbonyl (C=O) groups is 1. The van der Waals surface area contributed by atoms with Gasteiger partial charge in [-0.15, -0.1) is 0 Å². The second kappa shape index (κ2) is 11.2. The van der Waals surface area contributed by atoms with E-state index in [9.17, 15) is 4.79 Å². The molecule has 0 amide bonds. The van der Waals surface area contributed by atoms with Gasteiger partial charge in [-0.05, 0) is 29.8 Å². The van der Waals surface area contributed by atoms with E-state index in [0.29, 0.717) is 11.3 Å². The third-order valence-electron chi connectivity index (χ3n) is 5.23. The molecule has 0 spiro atoms. The fourth-order valence-corrected chi connectivity index (χ4v) is 5.56. The van der Waals surface area contributed by atoms with E-state index in [1.807, 2.05) is 60.3 Å². The number of benzene rings is 2. The first-order valence-corrected chi connectivity index (χ1v) is 13.0. The summed E-state index contributed by atoms with van der Waals surface area (Å²) in [5, 5.41) is 0. The van der Waals surface area contributed by atoms with Crippen molar-refractivity contribution in [2.45, 2.75) is 5.75 Å². The van der Waals surface area contributed by atoms with Gasteiger partial charge < -0.3 is 19.3 Å². The number of hydrogen-bond acceptors (Lipinski definition) is 7. The first-order valence-electron chi connectivity index (χ1n) is 10.4. The smallest absolute Gasteiger partial charge is 0.343 e. The minimum absolute atomic E-state index is 0.348. The maximum Gasteiger partial charge on any atom is 0.343 e.